The minimum absolute atomic E-state index is 0.0147. The highest BCUT2D eigenvalue weighted by atomic mass is 16.7. The number of fused-ring (bicyclic) bond motifs is 5. The van der Waals surface area contributed by atoms with Crippen LogP contribution in [-0.4, -0.2) is 169 Å². The van der Waals surface area contributed by atoms with Gasteiger partial charge in [0.05, 0.1) is 55.0 Å². The molecule has 15 N–H and O–H groups in total. The summed E-state index contributed by atoms with van der Waals surface area (Å²) < 4.78 is 38.9. The van der Waals surface area contributed by atoms with Gasteiger partial charge in [-0.05, 0) is 31.0 Å². The maximum Gasteiger partial charge on any atom is 0.335 e. The number of nitrogens with two attached hydrogens (primary N) is 1. The third-order valence-corrected chi connectivity index (χ3v) is 16.5. The van der Waals surface area contributed by atoms with E-state index in [0.29, 0.717) is 5.56 Å². The lowest BCUT2D eigenvalue weighted by Crippen LogP contribution is -2.61. The van der Waals surface area contributed by atoms with Crippen molar-refractivity contribution in [3.05, 3.63) is 147 Å². The van der Waals surface area contributed by atoms with Crippen LogP contribution in [0.1, 0.15) is 133 Å². The number of aliphatic hydroxyl groups excluding tert-OH is 4. The van der Waals surface area contributed by atoms with Gasteiger partial charge in [0.25, 0.3) is 0 Å². The number of carbonyl (C=O) groups excluding carboxylic acids is 5. The molecule has 4 heterocycles. The van der Waals surface area contributed by atoms with Crippen molar-refractivity contribution in [3.8, 4) is 63.2 Å². The molecule has 6 aromatic carbocycles. The number of ether oxygens (including phenoxy) is 7. The Morgan fingerprint density at radius 2 is 1.19 bits per heavy atom. The molecule has 27 nitrogen and oxygen atoms in total. The molecule has 6 aromatic rings. The molecule has 0 amide bonds. The quantitative estimate of drug-likeness (QED) is 0.0725. The number of hydrogen-bond donors (Lipinski definition) is 14. The van der Waals surface area contributed by atoms with Gasteiger partial charge in [0.2, 0.25) is 23.6 Å². The van der Waals surface area contributed by atoms with Crippen LogP contribution in [0.3, 0.4) is 0 Å². The molecular formula is C63H61NO26. The van der Waals surface area contributed by atoms with Gasteiger partial charge in [-0.1, -0.05) is 72.8 Å². The second-order valence-electron chi connectivity index (χ2n) is 22.2. The van der Waals surface area contributed by atoms with Crippen LogP contribution in [0.25, 0.3) is 0 Å². The zero-order chi connectivity index (χ0) is 65.1. The Hall–Kier alpha value is -9.42. The summed E-state index contributed by atoms with van der Waals surface area (Å²) in [6.45, 7) is 2.79. The topological polar surface area (TPSA) is 456 Å². The van der Waals surface area contributed by atoms with Gasteiger partial charge < -0.3 is 105 Å². The van der Waals surface area contributed by atoms with E-state index >= 15 is 0 Å². The molecule has 474 valence electrons. The van der Waals surface area contributed by atoms with Gasteiger partial charge in [-0.25, -0.2) is 4.79 Å². The van der Waals surface area contributed by atoms with Crippen LogP contribution in [0.5, 0.6) is 63.2 Å². The maximum atomic E-state index is 13.6. The fourth-order valence-corrected chi connectivity index (χ4v) is 11.6. The Balaban J connectivity index is 0.000000155. The minimum atomic E-state index is -2.00. The van der Waals surface area contributed by atoms with Crippen LogP contribution in [0.2, 0.25) is 0 Å². The number of rotatable bonds is 9. The minimum Gasteiger partial charge on any atom is -0.507 e. The first-order valence-corrected chi connectivity index (χ1v) is 28.0. The number of phenolic OH excluding ortho intramolecular Hbond substituents is 7. The zero-order valence-corrected chi connectivity index (χ0v) is 47.8. The standard InChI is InChI=1S/C27H29NO10.C21H20O11.C15H12O5/c1-10-22(30)14(28)7-17(37-10)38-16-9-27(35,11(2)29)8-13-19(16)26(34)21-20(24(13)32)23(31)12-5-4-6-15(36-3)18(12)25(21)33;22-9-6-10(8-4-2-1-3-5-8)30-11-7-12(14(23)15(24)13(9)11)31-21-18(27)16(25)17(26)19(32-21)20(28)29;16-9-6-11(8-4-2-1-3-5-8)20-12-7-10(17)14(18)15(19)13(9)12/h4-6,10,14,16-17,22,30,32,34-35H,7-9,28H2,1-3H3;1-5,7,10,16-19,21,23-27H,6H2,(H,28,29);1-5,7,11,17-19H,6H2. The van der Waals surface area contributed by atoms with Crippen molar-refractivity contribution in [3.63, 3.8) is 0 Å². The summed E-state index contributed by atoms with van der Waals surface area (Å²) in [5.41, 5.74) is 4.16. The third kappa shape index (κ3) is 11.5. The molecule has 2 fully saturated rings. The Kier molecular flexibility index (Phi) is 17.6. The number of hydrogen-bond acceptors (Lipinski definition) is 26. The summed E-state index contributed by atoms with van der Waals surface area (Å²) in [6.07, 6.45) is -15.2. The Morgan fingerprint density at radius 1 is 0.622 bits per heavy atom. The van der Waals surface area contributed by atoms with E-state index in [1.807, 2.05) is 30.3 Å². The number of phenols is 7. The third-order valence-electron chi connectivity index (χ3n) is 16.5. The number of carboxylic acid groups (broad SMARTS) is 1. The molecule has 4 aliphatic heterocycles. The van der Waals surface area contributed by atoms with Crippen LogP contribution in [-0.2, 0) is 30.2 Å². The molecule has 0 saturated carbocycles. The predicted molar refractivity (Wildman–Crippen MR) is 304 cm³/mol. The summed E-state index contributed by atoms with van der Waals surface area (Å²) in [5.74, 6) is -9.73. The summed E-state index contributed by atoms with van der Waals surface area (Å²) in [7, 11) is 1.34. The van der Waals surface area contributed by atoms with Gasteiger partial charge in [0.1, 0.15) is 76.0 Å². The van der Waals surface area contributed by atoms with Crippen molar-refractivity contribution >= 4 is 34.9 Å². The Bertz CT molecular complexity index is 3840. The van der Waals surface area contributed by atoms with Crippen LogP contribution in [0, 0.1) is 0 Å². The van der Waals surface area contributed by atoms with E-state index in [4.69, 9.17) is 44.0 Å². The molecule has 90 heavy (non-hydrogen) atoms. The summed E-state index contributed by atoms with van der Waals surface area (Å²) >= 11 is 0. The molecule has 13 atom stereocenters. The summed E-state index contributed by atoms with van der Waals surface area (Å²) in [6, 6.07) is 24.0. The summed E-state index contributed by atoms with van der Waals surface area (Å²) in [4.78, 5) is 75.6. The molecule has 0 aromatic heterocycles. The van der Waals surface area contributed by atoms with E-state index in [2.05, 4.69) is 0 Å². The van der Waals surface area contributed by atoms with E-state index in [9.17, 15) is 90.0 Å². The average molecular weight is 1250 g/mol. The first-order chi connectivity index (χ1) is 42.6. The van der Waals surface area contributed by atoms with Crippen molar-refractivity contribution in [2.75, 3.05) is 7.11 Å². The number of Topliss-reactive ketones (excluding diaryl/α,β-unsaturated/α-hetero) is 3. The molecule has 13 unspecified atom stereocenters. The SMILES string of the molecule is COc1cccc2c1C(=O)c1c(O)c3c(c(O)c1C2=O)CC(O)(C(C)=O)CC3OC1CC(N)C(O)C(C)O1.O=C1CC(c2ccccc2)Oc2cc(O)c(O)c(O)c21.O=C1CC(c2ccccc2)Oc2cc(OC3OC(C(=O)O)C(O)C(O)C3O)c(O)c(O)c21. The lowest BCUT2D eigenvalue weighted by molar-refractivity contribution is -0.271. The summed E-state index contributed by atoms with van der Waals surface area (Å²) in [5, 5.41) is 132. The smallest absolute Gasteiger partial charge is 0.335 e. The molecule has 2 saturated heterocycles. The second-order valence-corrected chi connectivity index (χ2v) is 22.2. The van der Waals surface area contributed by atoms with Gasteiger partial charge in [-0.2, -0.15) is 0 Å². The van der Waals surface area contributed by atoms with Crippen molar-refractivity contribution in [1.29, 1.82) is 0 Å². The van der Waals surface area contributed by atoms with Crippen molar-refractivity contribution in [2.45, 2.75) is 125 Å². The van der Waals surface area contributed by atoms with Gasteiger partial charge in [0, 0.05) is 54.1 Å². The van der Waals surface area contributed by atoms with Crippen molar-refractivity contribution in [2.24, 2.45) is 5.73 Å². The number of carboxylic acids is 1. The highest BCUT2D eigenvalue weighted by Crippen LogP contribution is 2.54. The molecule has 0 bridgehead atoms. The van der Waals surface area contributed by atoms with E-state index in [0.717, 1.165) is 17.7 Å². The van der Waals surface area contributed by atoms with Crippen molar-refractivity contribution < 1.29 is 128 Å². The van der Waals surface area contributed by atoms with Gasteiger partial charge >= 0.3 is 5.97 Å². The van der Waals surface area contributed by atoms with Crippen LogP contribution in [0.4, 0.5) is 0 Å². The van der Waals surface area contributed by atoms with Gasteiger partial charge in [-0.3, -0.25) is 24.0 Å². The lowest BCUT2D eigenvalue weighted by atomic mass is 9.72. The fourth-order valence-electron chi connectivity index (χ4n) is 11.6. The number of ketones is 5. The van der Waals surface area contributed by atoms with Gasteiger partial charge in [0.15, 0.2) is 58.5 Å². The first kappa shape index (κ1) is 63.6. The van der Waals surface area contributed by atoms with Crippen molar-refractivity contribution in [1.82, 2.24) is 0 Å². The molecule has 2 aliphatic carbocycles. The number of aromatic hydroxyl groups is 7. The fraction of sp³-hybridized carbons (Fsp3) is 0.333. The highest BCUT2D eigenvalue weighted by Gasteiger charge is 2.51. The lowest BCUT2D eigenvalue weighted by Gasteiger charge is -2.42. The van der Waals surface area contributed by atoms with Crippen LogP contribution in [0.15, 0.2) is 91.0 Å². The van der Waals surface area contributed by atoms with E-state index in [-0.39, 0.29) is 82.1 Å². The molecule has 0 radical (unpaired) electrons. The predicted octanol–water partition coefficient (Wildman–Crippen LogP) is 3.61. The Morgan fingerprint density at radius 3 is 1.74 bits per heavy atom. The monoisotopic (exact) mass is 1250 g/mol. The van der Waals surface area contributed by atoms with Crippen LogP contribution < -0.4 is 24.7 Å². The molecule has 6 aliphatic rings. The number of methoxy groups -OCH3 is 1. The van der Waals surface area contributed by atoms with Crippen LogP contribution >= 0.6 is 0 Å². The van der Waals surface area contributed by atoms with Gasteiger partial charge in [-0.15, -0.1) is 0 Å². The van der Waals surface area contributed by atoms with E-state index in [1.165, 1.54) is 32.2 Å². The highest BCUT2D eigenvalue weighted by molar-refractivity contribution is 6.31. The molecule has 27 heteroatoms. The molecule has 0 spiro atoms. The number of benzene rings is 6. The number of aliphatic carboxylic acids is 1. The molecule has 12 rings (SSSR count). The first-order valence-electron chi connectivity index (χ1n) is 28.0. The average Bonchev–Trinajstić information content (AvgIpc) is 0.715. The molecular weight excluding hydrogens is 1190 g/mol. The van der Waals surface area contributed by atoms with E-state index < -0.39 is 172 Å². The number of aliphatic hydroxyl groups is 5. The van der Waals surface area contributed by atoms with E-state index in [1.54, 1.807) is 37.3 Å². The Labute approximate surface area is 509 Å². The normalized spacial score (nSPS) is 27.2. The maximum absolute atomic E-state index is 13.6. The zero-order valence-electron chi connectivity index (χ0n) is 47.8. The second kappa shape index (κ2) is 24.9. The largest absolute Gasteiger partial charge is 0.507 e. The number of carbonyl (C=O) groups is 6.